The first-order valence-electron chi connectivity index (χ1n) is 3.79. The first-order valence-corrected chi connectivity index (χ1v) is 4.70. The SMILES string of the molecule is Nc1ccc(C(=O)CCCl)c(Cl)c1. The Kier molecular flexibility index (Phi) is 3.58. The van der Waals surface area contributed by atoms with E-state index in [2.05, 4.69) is 0 Å². The van der Waals surface area contributed by atoms with E-state index in [0.29, 0.717) is 28.6 Å². The molecule has 0 spiro atoms. The van der Waals surface area contributed by atoms with Gasteiger partial charge in [0.25, 0.3) is 0 Å². The topological polar surface area (TPSA) is 43.1 Å². The maximum atomic E-state index is 11.4. The minimum Gasteiger partial charge on any atom is -0.399 e. The Bertz CT molecular complexity index is 325. The summed E-state index contributed by atoms with van der Waals surface area (Å²) in [7, 11) is 0. The van der Waals surface area contributed by atoms with Crippen LogP contribution in [0.15, 0.2) is 18.2 Å². The molecule has 1 aromatic carbocycles. The third kappa shape index (κ3) is 2.61. The fourth-order valence-electron chi connectivity index (χ4n) is 0.978. The maximum Gasteiger partial charge on any atom is 0.165 e. The summed E-state index contributed by atoms with van der Waals surface area (Å²) in [5, 5.41) is 0.384. The Labute approximate surface area is 86.6 Å². The summed E-state index contributed by atoms with van der Waals surface area (Å²) in [6, 6.07) is 4.82. The summed E-state index contributed by atoms with van der Waals surface area (Å²) >= 11 is 11.3. The second kappa shape index (κ2) is 4.49. The van der Waals surface area contributed by atoms with Crippen molar-refractivity contribution in [3.63, 3.8) is 0 Å². The molecule has 13 heavy (non-hydrogen) atoms. The van der Waals surface area contributed by atoms with E-state index >= 15 is 0 Å². The van der Waals surface area contributed by atoms with Crippen molar-refractivity contribution in [2.24, 2.45) is 0 Å². The molecule has 1 rings (SSSR count). The number of alkyl halides is 1. The first kappa shape index (κ1) is 10.4. The highest BCUT2D eigenvalue weighted by molar-refractivity contribution is 6.34. The van der Waals surface area contributed by atoms with E-state index in [0.717, 1.165) is 0 Å². The molecule has 0 amide bonds. The van der Waals surface area contributed by atoms with Gasteiger partial charge >= 0.3 is 0 Å². The van der Waals surface area contributed by atoms with Crippen molar-refractivity contribution in [1.29, 1.82) is 0 Å². The van der Waals surface area contributed by atoms with Gasteiger partial charge < -0.3 is 5.73 Å². The van der Waals surface area contributed by atoms with Crippen LogP contribution in [0.5, 0.6) is 0 Å². The molecule has 0 aromatic heterocycles. The second-order valence-corrected chi connectivity index (χ2v) is 3.39. The number of nitrogen functional groups attached to an aromatic ring is 1. The van der Waals surface area contributed by atoms with Crippen LogP contribution in [0.25, 0.3) is 0 Å². The average Bonchev–Trinajstić information content (AvgIpc) is 2.04. The smallest absolute Gasteiger partial charge is 0.165 e. The van der Waals surface area contributed by atoms with Crippen molar-refractivity contribution in [3.05, 3.63) is 28.8 Å². The number of hydrogen-bond donors (Lipinski definition) is 1. The number of anilines is 1. The quantitative estimate of drug-likeness (QED) is 0.481. The predicted octanol–water partition coefficient (Wildman–Crippen LogP) is 2.73. The van der Waals surface area contributed by atoms with Crippen LogP contribution in [-0.2, 0) is 0 Å². The molecule has 0 fully saturated rings. The Balaban J connectivity index is 2.95. The Hall–Kier alpha value is -0.730. The number of halogens is 2. The van der Waals surface area contributed by atoms with E-state index in [-0.39, 0.29) is 5.78 Å². The van der Waals surface area contributed by atoms with E-state index < -0.39 is 0 Å². The summed E-state index contributed by atoms with van der Waals surface area (Å²) in [6.45, 7) is 0. The maximum absolute atomic E-state index is 11.4. The lowest BCUT2D eigenvalue weighted by molar-refractivity contribution is 0.0989. The number of nitrogens with two attached hydrogens (primary N) is 1. The van der Waals surface area contributed by atoms with Crippen molar-refractivity contribution >= 4 is 34.7 Å². The van der Waals surface area contributed by atoms with Gasteiger partial charge in [-0.25, -0.2) is 0 Å². The Morgan fingerprint density at radius 2 is 2.15 bits per heavy atom. The lowest BCUT2D eigenvalue weighted by atomic mass is 10.1. The van der Waals surface area contributed by atoms with Crippen LogP contribution in [0.4, 0.5) is 5.69 Å². The van der Waals surface area contributed by atoms with Gasteiger partial charge in [0.15, 0.2) is 5.78 Å². The molecule has 0 radical (unpaired) electrons. The van der Waals surface area contributed by atoms with Crippen LogP contribution in [0.2, 0.25) is 5.02 Å². The molecule has 0 heterocycles. The summed E-state index contributed by atoms with van der Waals surface area (Å²) < 4.78 is 0. The highest BCUT2D eigenvalue weighted by atomic mass is 35.5. The van der Waals surface area contributed by atoms with Crippen molar-refractivity contribution in [1.82, 2.24) is 0 Å². The zero-order valence-electron chi connectivity index (χ0n) is 6.89. The number of Topliss-reactive ketones (excluding diaryl/α,β-unsaturated/α-hetero) is 1. The molecule has 0 aliphatic rings. The molecule has 1 aromatic rings. The molecular weight excluding hydrogens is 209 g/mol. The van der Waals surface area contributed by atoms with Crippen molar-refractivity contribution < 1.29 is 4.79 Å². The summed E-state index contributed by atoms with van der Waals surface area (Å²) in [4.78, 5) is 11.4. The largest absolute Gasteiger partial charge is 0.399 e. The predicted molar refractivity (Wildman–Crippen MR) is 55.5 cm³/mol. The molecule has 0 atom stereocenters. The van der Waals surface area contributed by atoms with E-state index in [4.69, 9.17) is 28.9 Å². The molecular formula is C9H9Cl2NO. The summed E-state index contributed by atoms with van der Waals surface area (Å²) in [6.07, 6.45) is 0.297. The lowest BCUT2D eigenvalue weighted by Crippen LogP contribution is -2.01. The van der Waals surface area contributed by atoms with E-state index in [1.807, 2.05) is 0 Å². The number of carbonyl (C=O) groups is 1. The highest BCUT2D eigenvalue weighted by Crippen LogP contribution is 2.20. The van der Waals surface area contributed by atoms with Gasteiger partial charge in [0, 0.05) is 23.6 Å². The average molecular weight is 218 g/mol. The zero-order valence-corrected chi connectivity index (χ0v) is 8.40. The highest BCUT2D eigenvalue weighted by Gasteiger charge is 2.09. The zero-order chi connectivity index (χ0) is 9.84. The van der Waals surface area contributed by atoms with Crippen LogP contribution < -0.4 is 5.73 Å². The molecule has 70 valence electrons. The minimum absolute atomic E-state index is 0.0556. The number of carbonyl (C=O) groups excluding carboxylic acids is 1. The molecule has 0 aliphatic heterocycles. The molecule has 0 unspecified atom stereocenters. The first-order chi connectivity index (χ1) is 6.15. The van der Waals surface area contributed by atoms with E-state index in [9.17, 15) is 4.79 Å². The normalized spacial score (nSPS) is 10.0. The molecule has 4 heteroatoms. The fourth-order valence-corrected chi connectivity index (χ4v) is 1.44. The van der Waals surface area contributed by atoms with Gasteiger partial charge in [0.2, 0.25) is 0 Å². The van der Waals surface area contributed by atoms with Crippen molar-refractivity contribution in [3.8, 4) is 0 Å². The van der Waals surface area contributed by atoms with Gasteiger partial charge in [-0.15, -0.1) is 11.6 Å². The van der Waals surface area contributed by atoms with Gasteiger partial charge in [-0.3, -0.25) is 4.79 Å². The molecule has 0 saturated carbocycles. The Morgan fingerprint density at radius 3 is 2.69 bits per heavy atom. The van der Waals surface area contributed by atoms with Crippen molar-refractivity contribution in [2.45, 2.75) is 6.42 Å². The van der Waals surface area contributed by atoms with Crippen LogP contribution in [0, 0.1) is 0 Å². The number of benzene rings is 1. The number of hydrogen-bond acceptors (Lipinski definition) is 2. The van der Waals surface area contributed by atoms with Gasteiger partial charge in [0.05, 0.1) is 5.02 Å². The van der Waals surface area contributed by atoms with Gasteiger partial charge in [-0.2, -0.15) is 0 Å². The molecule has 0 bridgehead atoms. The van der Waals surface area contributed by atoms with Gasteiger partial charge in [-0.1, -0.05) is 11.6 Å². The lowest BCUT2D eigenvalue weighted by Gasteiger charge is -2.02. The van der Waals surface area contributed by atoms with Crippen LogP contribution in [0.3, 0.4) is 0 Å². The van der Waals surface area contributed by atoms with Gasteiger partial charge in [-0.05, 0) is 18.2 Å². The Morgan fingerprint density at radius 1 is 1.46 bits per heavy atom. The number of rotatable bonds is 3. The molecule has 0 aliphatic carbocycles. The molecule has 2 nitrogen and oxygen atoms in total. The standard InChI is InChI=1S/C9H9Cl2NO/c10-4-3-9(13)7-2-1-6(12)5-8(7)11/h1-2,5H,3-4,12H2. The van der Waals surface area contributed by atoms with Crippen LogP contribution in [0.1, 0.15) is 16.8 Å². The summed E-state index contributed by atoms with van der Waals surface area (Å²) in [5.41, 5.74) is 6.51. The van der Waals surface area contributed by atoms with E-state index in [1.165, 1.54) is 0 Å². The van der Waals surface area contributed by atoms with E-state index in [1.54, 1.807) is 18.2 Å². The monoisotopic (exact) mass is 217 g/mol. The molecule has 0 saturated heterocycles. The fraction of sp³-hybridized carbons (Fsp3) is 0.222. The van der Waals surface area contributed by atoms with Crippen LogP contribution >= 0.6 is 23.2 Å². The van der Waals surface area contributed by atoms with Gasteiger partial charge in [0.1, 0.15) is 0 Å². The third-order valence-corrected chi connectivity index (χ3v) is 2.12. The van der Waals surface area contributed by atoms with Crippen molar-refractivity contribution in [2.75, 3.05) is 11.6 Å². The number of ketones is 1. The summed E-state index contributed by atoms with van der Waals surface area (Å²) in [5.74, 6) is 0.250. The second-order valence-electron chi connectivity index (χ2n) is 2.60. The molecule has 2 N–H and O–H groups in total. The minimum atomic E-state index is -0.0556. The third-order valence-electron chi connectivity index (χ3n) is 1.62. The van der Waals surface area contributed by atoms with Crippen LogP contribution in [-0.4, -0.2) is 11.7 Å².